The number of amides is 2. The fourth-order valence-corrected chi connectivity index (χ4v) is 2.06. The van der Waals surface area contributed by atoms with Crippen molar-refractivity contribution in [2.24, 2.45) is 0 Å². The smallest absolute Gasteiger partial charge is 0.354 e. The molecule has 0 radical (unpaired) electrons. The lowest BCUT2D eigenvalue weighted by atomic mass is 10.1. The van der Waals surface area contributed by atoms with E-state index in [0.717, 1.165) is 17.0 Å². The van der Waals surface area contributed by atoms with Crippen molar-refractivity contribution in [1.82, 2.24) is 10.2 Å². The van der Waals surface area contributed by atoms with Crippen LogP contribution in [0.25, 0.3) is 0 Å². The molecular formula is C13H12F4N2O2. The Morgan fingerprint density at radius 3 is 2.62 bits per heavy atom. The lowest BCUT2D eigenvalue weighted by molar-refractivity contribution is -0.140. The maximum absolute atomic E-state index is 13.9. The predicted octanol–water partition coefficient (Wildman–Crippen LogP) is 1.81. The first-order chi connectivity index (χ1) is 9.80. The van der Waals surface area contributed by atoms with Gasteiger partial charge in [-0.25, -0.2) is 4.39 Å². The number of nitrogens with zero attached hydrogens (tertiary/aromatic N) is 1. The van der Waals surface area contributed by atoms with Gasteiger partial charge in [-0.15, -0.1) is 0 Å². The normalized spacial score (nSPS) is 16.4. The summed E-state index contributed by atoms with van der Waals surface area (Å²) in [6.07, 6.45) is -4.83. The molecule has 1 aromatic carbocycles. The fourth-order valence-electron chi connectivity index (χ4n) is 2.06. The van der Waals surface area contributed by atoms with Crippen molar-refractivity contribution in [3.63, 3.8) is 0 Å². The monoisotopic (exact) mass is 304 g/mol. The molecule has 1 N–H and O–H groups in total. The van der Waals surface area contributed by atoms with Crippen LogP contribution in [0, 0.1) is 5.82 Å². The van der Waals surface area contributed by atoms with Gasteiger partial charge in [0.05, 0.1) is 11.1 Å². The Morgan fingerprint density at radius 1 is 1.24 bits per heavy atom. The summed E-state index contributed by atoms with van der Waals surface area (Å²) in [5, 5.41) is 2.52. The number of hydrogen-bond donors (Lipinski definition) is 1. The Morgan fingerprint density at radius 2 is 1.95 bits per heavy atom. The van der Waals surface area contributed by atoms with E-state index < -0.39 is 29.0 Å². The number of carbonyl (C=O) groups is 2. The third-order valence-electron chi connectivity index (χ3n) is 3.13. The van der Waals surface area contributed by atoms with Crippen molar-refractivity contribution >= 4 is 11.8 Å². The Balaban J connectivity index is 2.29. The summed E-state index contributed by atoms with van der Waals surface area (Å²) in [6.45, 7) is 0.353. The highest BCUT2D eigenvalue weighted by Crippen LogP contribution is 2.32. The average molecular weight is 304 g/mol. The number of hydrogen-bond acceptors (Lipinski definition) is 2. The van der Waals surface area contributed by atoms with Crippen LogP contribution in [-0.2, 0) is 11.0 Å². The van der Waals surface area contributed by atoms with Gasteiger partial charge in [0.2, 0.25) is 5.91 Å². The molecule has 1 fully saturated rings. The molecular weight excluding hydrogens is 292 g/mol. The van der Waals surface area contributed by atoms with Crippen molar-refractivity contribution < 1.29 is 27.2 Å². The highest BCUT2D eigenvalue weighted by Gasteiger charge is 2.36. The van der Waals surface area contributed by atoms with E-state index in [-0.39, 0.29) is 32.0 Å². The van der Waals surface area contributed by atoms with Crippen LogP contribution in [0.2, 0.25) is 0 Å². The molecule has 2 rings (SSSR count). The van der Waals surface area contributed by atoms with Crippen LogP contribution in [0.15, 0.2) is 18.2 Å². The molecule has 8 heteroatoms. The first-order valence-electron chi connectivity index (χ1n) is 6.22. The minimum atomic E-state index is -4.86. The summed E-state index contributed by atoms with van der Waals surface area (Å²) >= 11 is 0. The van der Waals surface area contributed by atoms with Crippen LogP contribution < -0.4 is 5.32 Å². The van der Waals surface area contributed by atoms with Crippen molar-refractivity contribution in [2.45, 2.75) is 12.6 Å². The van der Waals surface area contributed by atoms with Gasteiger partial charge in [0.15, 0.2) is 0 Å². The molecule has 1 aliphatic rings. The van der Waals surface area contributed by atoms with Crippen molar-refractivity contribution in [1.29, 1.82) is 0 Å². The summed E-state index contributed by atoms with van der Waals surface area (Å²) in [5.41, 5.74) is -2.11. The van der Waals surface area contributed by atoms with Gasteiger partial charge < -0.3 is 10.2 Å². The summed E-state index contributed by atoms with van der Waals surface area (Å²) in [4.78, 5) is 24.5. The van der Waals surface area contributed by atoms with Crippen LogP contribution >= 0.6 is 0 Å². The number of alkyl halides is 3. The molecule has 0 atom stereocenters. The minimum absolute atomic E-state index is 0.0340. The van der Waals surface area contributed by atoms with E-state index in [2.05, 4.69) is 5.32 Å². The van der Waals surface area contributed by atoms with Gasteiger partial charge in [-0.3, -0.25) is 9.59 Å². The van der Waals surface area contributed by atoms with Gasteiger partial charge in [0, 0.05) is 26.1 Å². The highest BCUT2D eigenvalue weighted by atomic mass is 19.4. The summed E-state index contributed by atoms with van der Waals surface area (Å²) in [7, 11) is 0. The Labute approximate surface area is 117 Å². The molecule has 114 valence electrons. The Hall–Kier alpha value is -2.12. The van der Waals surface area contributed by atoms with Crippen molar-refractivity contribution in [3.8, 4) is 0 Å². The Bertz CT molecular complexity index is 572. The van der Waals surface area contributed by atoms with E-state index in [1.54, 1.807) is 0 Å². The maximum Gasteiger partial charge on any atom is 0.419 e. The molecule has 1 heterocycles. The second-order valence-corrected chi connectivity index (χ2v) is 4.56. The van der Waals surface area contributed by atoms with Gasteiger partial charge in [-0.1, -0.05) is 6.07 Å². The molecule has 0 saturated carbocycles. The van der Waals surface area contributed by atoms with Gasteiger partial charge in [-0.2, -0.15) is 13.2 Å². The van der Waals surface area contributed by atoms with E-state index in [9.17, 15) is 27.2 Å². The number of rotatable bonds is 1. The number of nitrogens with one attached hydrogen (secondary N) is 1. The zero-order valence-electron chi connectivity index (χ0n) is 10.8. The van der Waals surface area contributed by atoms with E-state index in [4.69, 9.17) is 0 Å². The van der Waals surface area contributed by atoms with Crippen molar-refractivity contribution in [3.05, 3.63) is 35.1 Å². The van der Waals surface area contributed by atoms with Gasteiger partial charge in [-0.05, 0) is 12.1 Å². The highest BCUT2D eigenvalue weighted by molar-refractivity contribution is 5.95. The molecule has 4 nitrogen and oxygen atoms in total. The van der Waals surface area contributed by atoms with E-state index in [1.807, 2.05) is 0 Å². The standard InChI is InChI=1S/C13H12F4N2O2/c14-11-8(2-1-3-9(11)13(15,16)17)12(21)19-6-4-10(20)18-5-7-19/h1-3H,4-7H2,(H,18,20). The topological polar surface area (TPSA) is 49.4 Å². The lowest BCUT2D eigenvalue weighted by Gasteiger charge is -2.20. The number of benzene rings is 1. The largest absolute Gasteiger partial charge is 0.419 e. The minimum Gasteiger partial charge on any atom is -0.354 e. The summed E-state index contributed by atoms with van der Waals surface area (Å²) in [6, 6.07) is 2.58. The molecule has 1 saturated heterocycles. The van der Waals surface area contributed by atoms with E-state index in [1.165, 1.54) is 0 Å². The van der Waals surface area contributed by atoms with Crippen LogP contribution in [-0.4, -0.2) is 36.3 Å². The van der Waals surface area contributed by atoms with Crippen LogP contribution in [0.5, 0.6) is 0 Å². The molecule has 1 aliphatic heterocycles. The molecule has 1 aromatic rings. The van der Waals surface area contributed by atoms with Gasteiger partial charge in [0.25, 0.3) is 5.91 Å². The second-order valence-electron chi connectivity index (χ2n) is 4.56. The zero-order valence-corrected chi connectivity index (χ0v) is 10.8. The van der Waals surface area contributed by atoms with Crippen LogP contribution in [0.3, 0.4) is 0 Å². The molecule has 0 aromatic heterocycles. The van der Waals surface area contributed by atoms with Crippen molar-refractivity contribution in [2.75, 3.05) is 19.6 Å². The van der Waals surface area contributed by atoms with Gasteiger partial charge in [0.1, 0.15) is 5.82 Å². The molecule has 0 spiro atoms. The fraction of sp³-hybridized carbons (Fsp3) is 0.385. The number of carbonyl (C=O) groups excluding carboxylic acids is 2. The molecule has 21 heavy (non-hydrogen) atoms. The number of halogens is 4. The van der Waals surface area contributed by atoms with E-state index >= 15 is 0 Å². The van der Waals surface area contributed by atoms with Crippen LogP contribution in [0.1, 0.15) is 22.3 Å². The van der Waals surface area contributed by atoms with Gasteiger partial charge >= 0.3 is 6.18 Å². The zero-order chi connectivity index (χ0) is 15.6. The molecule has 0 bridgehead atoms. The average Bonchev–Trinajstić information content (AvgIpc) is 2.62. The Kier molecular flexibility index (Phi) is 4.15. The van der Waals surface area contributed by atoms with E-state index in [0.29, 0.717) is 6.07 Å². The molecule has 0 unspecified atom stereocenters. The second kappa shape index (κ2) is 5.71. The maximum atomic E-state index is 13.9. The first-order valence-corrected chi connectivity index (χ1v) is 6.22. The van der Waals surface area contributed by atoms with Crippen LogP contribution in [0.4, 0.5) is 17.6 Å². The third-order valence-corrected chi connectivity index (χ3v) is 3.13. The SMILES string of the molecule is O=C1CCN(C(=O)c2cccc(C(F)(F)F)c2F)CCN1. The summed E-state index contributed by atoms with van der Waals surface area (Å²) < 4.78 is 51.8. The molecule has 2 amide bonds. The lowest BCUT2D eigenvalue weighted by Crippen LogP contribution is -2.35. The first kappa shape index (κ1) is 15.3. The predicted molar refractivity (Wildman–Crippen MR) is 64.9 cm³/mol. The molecule has 0 aliphatic carbocycles. The summed E-state index contributed by atoms with van der Waals surface area (Å²) in [5.74, 6) is -2.69. The quantitative estimate of drug-likeness (QED) is 0.804. The third kappa shape index (κ3) is 3.32.